The Hall–Kier alpha value is -2.21. The highest BCUT2D eigenvalue weighted by atomic mass is 32.1. The number of hydrogen-bond donors (Lipinski definition) is 2. The lowest BCUT2D eigenvalue weighted by Crippen LogP contribution is -2.31. The summed E-state index contributed by atoms with van der Waals surface area (Å²) in [5, 5.41) is 12.3. The molecule has 2 N–H and O–H groups in total. The second-order valence-corrected chi connectivity index (χ2v) is 5.93. The Morgan fingerprint density at radius 3 is 2.62 bits per heavy atom. The number of aliphatic carboxylic acids is 1. The van der Waals surface area contributed by atoms with E-state index in [-0.39, 0.29) is 12.5 Å². The number of hydrogen-bond acceptors (Lipinski definition) is 4. The van der Waals surface area contributed by atoms with Crippen LogP contribution in [0.15, 0.2) is 30.3 Å². The first kappa shape index (κ1) is 15.2. The van der Waals surface area contributed by atoms with E-state index >= 15 is 0 Å². The number of carbonyl (C=O) groups is 2. The number of carbonyl (C=O) groups excluding carboxylic acids is 1. The van der Waals surface area contributed by atoms with Crippen molar-refractivity contribution in [1.29, 1.82) is 0 Å². The van der Waals surface area contributed by atoms with Crippen LogP contribution in [0.2, 0.25) is 0 Å². The van der Waals surface area contributed by atoms with E-state index in [0.717, 1.165) is 10.6 Å². The van der Waals surface area contributed by atoms with E-state index in [4.69, 9.17) is 5.11 Å². The van der Waals surface area contributed by atoms with E-state index in [2.05, 4.69) is 10.3 Å². The summed E-state index contributed by atoms with van der Waals surface area (Å²) in [7, 11) is 0. The van der Waals surface area contributed by atoms with E-state index in [9.17, 15) is 9.59 Å². The lowest BCUT2D eigenvalue weighted by atomic mass is 10.1. The fourth-order valence-electron chi connectivity index (χ4n) is 1.79. The first-order valence-electron chi connectivity index (χ1n) is 6.53. The summed E-state index contributed by atoms with van der Waals surface area (Å²) in [6.07, 6.45) is 0. The van der Waals surface area contributed by atoms with Crippen LogP contribution in [0.4, 0.5) is 0 Å². The van der Waals surface area contributed by atoms with Crippen molar-refractivity contribution in [2.45, 2.75) is 13.8 Å². The molecule has 110 valence electrons. The van der Waals surface area contributed by atoms with Crippen molar-refractivity contribution < 1.29 is 14.7 Å². The fraction of sp³-hybridized carbons (Fsp3) is 0.267. The molecule has 1 aromatic heterocycles. The van der Waals surface area contributed by atoms with Crippen LogP contribution in [0, 0.1) is 12.8 Å². The van der Waals surface area contributed by atoms with Gasteiger partial charge in [0.25, 0.3) is 5.91 Å². The summed E-state index contributed by atoms with van der Waals surface area (Å²) in [4.78, 5) is 27.9. The van der Waals surface area contributed by atoms with E-state index < -0.39 is 11.9 Å². The molecule has 1 atom stereocenters. The predicted molar refractivity (Wildman–Crippen MR) is 81.4 cm³/mol. The normalized spacial score (nSPS) is 11.9. The molecule has 6 heteroatoms. The molecule has 0 aliphatic rings. The number of thiazole rings is 1. The standard InChI is InChI=1S/C15H16N2O3S/c1-9(15(19)20)8-16-14(18)13-12(17-10(2)21-13)11-6-4-3-5-7-11/h3-7,9H,8H2,1-2H3,(H,16,18)(H,19,20). The number of nitrogens with one attached hydrogen (secondary N) is 1. The van der Waals surface area contributed by atoms with Gasteiger partial charge in [0.2, 0.25) is 0 Å². The van der Waals surface area contributed by atoms with Crippen LogP contribution in [0.25, 0.3) is 11.3 Å². The van der Waals surface area contributed by atoms with Crippen molar-refractivity contribution in [2.75, 3.05) is 6.54 Å². The van der Waals surface area contributed by atoms with Crippen molar-refractivity contribution in [3.63, 3.8) is 0 Å². The maximum atomic E-state index is 12.2. The van der Waals surface area contributed by atoms with Gasteiger partial charge in [0, 0.05) is 12.1 Å². The minimum atomic E-state index is -0.931. The third-order valence-corrected chi connectivity index (χ3v) is 3.95. The smallest absolute Gasteiger partial charge is 0.308 e. The van der Waals surface area contributed by atoms with Gasteiger partial charge in [-0.25, -0.2) is 4.98 Å². The first-order valence-corrected chi connectivity index (χ1v) is 7.34. The monoisotopic (exact) mass is 304 g/mol. The molecule has 0 saturated heterocycles. The zero-order valence-electron chi connectivity index (χ0n) is 11.8. The van der Waals surface area contributed by atoms with Gasteiger partial charge in [0.05, 0.1) is 16.6 Å². The highest BCUT2D eigenvalue weighted by molar-refractivity contribution is 7.14. The Bertz CT molecular complexity index is 652. The number of carboxylic acids is 1. The molecule has 1 heterocycles. The van der Waals surface area contributed by atoms with Crippen molar-refractivity contribution in [3.05, 3.63) is 40.2 Å². The van der Waals surface area contributed by atoms with Gasteiger partial charge in [-0.3, -0.25) is 9.59 Å². The average Bonchev–Trinajstić information content (AvgIpc) is 2.87. The molecule has 1 amide bonds. The number of aromatic nitrogens is 1. The molecule has 0 spiro atoms. The van der Waals surface area contributed by atoms with Crippen molar-refractivity contribution in [2.24, 2.45) is 5.92 Å². The van der Waals surface area contributed by atoms with E-state index in [1.807, 2.05) is 37.3 Å². The molecule has 0 fully saturated rings. The molecule has 0 saturated carbocycles. The molecule has 0 aliphatic heterocycles. The average molecular weight is 304 g/mol. The third-order valence-electron chi connectivity index (χ3n) is 2.98. The topological polar surface area (TPSA) is 79.3 Å². The van der Waals surface area contributed by atoms with Gasteiger partial charge in [0.15, 0.2) is 0 Å². The van der Waals surface area contributed by atoms with E-state index in [1.165, 1.54) is 11.3 Å². The Labute approximate surface area is 126 Å². The van der Waals surface area contributed by atoms with Gasteiger partial charge in [-0.2, -0.15) is 0 Å². The minimum Gasteiger partial charge on any atom is -0.481 e. The number of carboxylic acid groups (broad SMARTS) is 1. The summed E-state index contributed by atoms with van der Waals surface area (Å²) < 4.78 is 0. The molecular weight excluding hydrogens is 288 g/mol. The highest BCUT2D eigenvalue weighted by Gasteiger charge is 2.19. The maximum absolute atomic E-state index is 12.2. The van der Waals surface area contributed by atoms with Crippen LogP contribution < -0.4 is 5.32 Å². The van der Waals surface area contributed by atoms with E-state index in [1.54, 1.807) is 6.92 Å². The predicted octanol–water partition coefficient (Wildman–Crippen LogP) is 2.57. The van der Waals surface area contributed by atoms with Crippen LogP contribution in [0.1, 0.15) is 21.6 Å². The molecule has 2 rings (SSSR count). The Morgan fingerprint density at radius 1 is 1.33 bits per heavy atom. The first-order chi connectivity index (χ1) is 9.99. The fourth-order valence-corrected chi connectivity index (χ4v) is 2.64. The number of amides is 1. The van der Waals surface area contributed by atoms with Gasteiger partial charge in [-0.15, -0.1) is 11.3 Å². The third kappa shape index (κ3) is 3.66. The molecule has 1 aromatic carbocycles. The second-order valence-electron chi connectivity index (χ2n) is 4.73. The van der Waals surface area contributed by atoms with Gasteiger partial charge in [0.1, 0.15) is 4.88 Å². The van der Waals surface area contributed by atoms with Gasteiger partial charge >= 0.3 is 5.97 Å². The number of rotatable bonds is 5. The van der Waals surface area contributed by atoms with Crippen molar-refractivity contribution >= 4 is 23.2 Å². The maximum Gasteiger partial charge on any atom is 0.308 e. The molecule has 0 aliphatic carbocycles. The van der Waals surface area contributed by atoms with Gasteiger partial charge < -0.3 is 10.4 Å². The summed E-state index contributed by atoms with van der Waals surface area (Å²) in [5.74, 6) is -1.84. The number of nitrogens with zero attached hydrogens (tertiary/aromatic N) is 1. The highest BCUT2D eigenvalue weighted by Crippen LogP contribution is 2.27. The lowest BCUT2D eigenvalue weighted by molar-refractivity contribution is -0.140. The molecule has 5 nitrogen and oxygen atoms in total. The van der Waals surface area contributed by atoms with Crippen LogP contribution in [0.3, 0.4) is 0 Å². The number of benzene rings is 1. The largest absolute Gasteiger partial charge is 0.481 e. The molecule has 2 aromatic rings. The van der Waals surface area contributed by atoms with Crippen LogP contribution in [0.5, 0.6) is 0 Å². The summed E-state index contributed by atoms with van der Waals surface area (Å²) >= 11 is 1.31. The Balaban J connectivity index is 2.20. The van der Waals surface area contributed by atoms with Crippen LogP contribution >= 0.6 is 11.3 Å². The Kier molecular flexibility index (Phi) is 4.70. The molecular formula is C15H16N2O3S. The second kappa shape index (κ2) is 6.49. The number of aryl methyl sites for hydroxylation is 1. The van der Waals surface area contributed by atoms with Gasteiger partial charge in [-0.1, -0.05) is 37.3 Å². The molecule has 21 heavy (non-hydrogen) atoms. The van der Waals surface area contributed by atoms with Crippen molar-refractivity contribution in [1.82, 2.24) is 10.3 Å². The zero-order chi connectivity index (χ0) is 15.4. The SMILES string of the molecule is Cc1nc(-c2ccccc2)c(C(=O)NCC(C)C(=O)O)s1. The lowest BCUT2D eigenvalue weighted by Gasteiger charge is -2.08. The van der Waals surface area contributed by atoms with Crippen LogP contribution in [-0.2, 0) is 4.79 Å². The zero-order valence-corrected chi connectivity index (χ0v) is 12.6. The summed E-state index contributed by atoms with van der Waals surface area (Å²) in [6, 6.07) is 9.46. The quantitative estimate of drug-likeness (QED) is 0.889. The summed E-state index contributed by atoms with van der Waals surface area (Å²) in [6.45, 7) is 3.49. The minimum absolute atomic E-state index is 0.0966. The molecule has 1 unspecified atom stereocenters. The Morgan fingerprint density at radius 2 is 2.00 bits per heavy atom. The van der Waals surface area contributed by atoms with E-state index in [0.29, 0.717) is 10.6 Å². The van der Waals surface area contributed by atoms with Crippen molar-refractivity contribution in [3.8, 4) is 11.3 Å². The molecule has 0 bridgehead atoms. The van der Waals surface area contributed by atoms with Crippen LogP contribution in [-0.4, -0.2) is 28.5 Å². The van der Waals surface area contributed by atoms with Gasteiger partial charge in [-0.05, 0) is 6.92 Å². The molecule has 0 radical (unpaired) electrons. The summed E-state index contributed by atoms with van der Waals surface area (Å²) in [5.41, 5.74) is 1.51.